The number of nitrogens with zero attached hydrogens (tertiary/aromatic N) is 1. The predicted molar refractivity (Wildman–Crippen MR) is 84.3 cm³/mol. The molecule has 0 atom stereocenters. The van der Waals surface area contributed by atoms with Crippen LogP contribution in [0, 0.1) is 13.7 Å². The highest BCUT2D eigenvalue weighted by Gasteiger charge is 2.18. The van der Waals surface area contributed by atoms with Crippen molar-refractivity contribution in [1.29, 1.82) is 0 Å². The molecule has 2 aromatic rings. The van der Waals surface area contributed by atoms with Crippen LogP contribution in [0.25, 0.3) is 0 Å². The number of carboxylic acids is 1. The molecule has 2 aromatic carbocycles. The molecule has 0 radical (unpaired) electrons. The molecule has 6 nitrogen and oxygen atoms in total. The van der Waals surface area contributed by atoms with Gasteiger partial charge in [-0.05, 0) is 52.9 Å². The lowest BCUT2D eigenvalue weighted by Crippen LogP contribution is -1.97. The molecule has 8 heteroatoms. The number of carboxylic acid groups (broad SMARTS) is 1. The molecule has 108 valence electrons. The minimum absolute atomic E-state index is 0.00413. The average molecular weight is 420 g/mol. The van der Waals surface area contributed by atoms with Crippen LogP contribution >= 0.6 is 34.2 Å². The van der Waals surface area contributed by atoms with Gasteiger partial charge in [0.2, 0.25) is 5.75 Å². The first-order chi connectivity index (χ1) is 9.88. The Morgan fingerprint density at radius 1 is 1.24 bits per heavy atom. The number of nitro benzene ring substituents is 1. The highest BCUT2D eigenvalue weighted by molar-refractivity contribution is 14.1. The van der Waals surface area contributed by atoms with Crippen molar-refractivity contribution in [1.82, 2.24) is 0 Å². The smallest absolute Gasteiger partial charge is 0.335 e. The van der Waals surface area contributed by atoms with E-state index in [1.54, 1.807) is 6.07 Å². The number of halogens is 2. The van der Waals surface area contributed by atoms with E-state index in [0.29, 0.717) is 3.57 Å². The van der Waals surface area contributed by atoms with Crippen LogP contribution in [0.2, 0.25) is 5.02 Å². The van der Waals surface area contributed by atoms with E-state index in [9.17, 15) is 14.9 Å². The summed E-state index contributed by atoms with van der Waals surface area (Å²) in [5.41, 5.74) is -0.190. The zero-order valence-corrected chi connectivity index (χ0v) is 13.2. The lowest BCUT2D eigenvalue weighted by Gasteiger charge is -2.08. The van der Waals surface area contributed by atoms with Crippen molar-refractivity contribution in [2.24, 2.45) is 0 Å². The molecule has 0 heterocycles. The van der Waals surface area contributed by atoms with E-state index in [1.165, 1.54) is 30.3 Å². The molecule has 0 unspecified atom stereocenters. The highest BCUT2D eigenvalue weighted by atomic mass is 127. The second-order valence-corrected chi connectivity index (χ2v) is 5.57. The molecule has 21 heavy (non-hydrogen) atoms. The van der Waals surface area contributed by atoms with Crippen molar-refractivity contribution in [3.8, 4) is 11.5 Å². The van der Waals surface area contributed by atoms with E-state index in [1.807, 2.05) is 22.6 Å². The van der Waals surface area contributed by atoms with Gasteiger partial charge in [-0.15, -0.1) is 0 Å². The first kappa shape index (κ1) is 15.5. The molecule has 0 aliphatic heterocycles. The number of hydrogen-bond donors (Lipinski definition) is 1. The average Bonchev–Trinajstić information content (AvgIpc) is 2.42. The standard InChI is InChI=1S/C13H7ClINO5/c14-9-5-7(13(17)18)1-3-11(9)21-12-4-2-8(15)6-10(12)16(19)20/h1-6H,(H,17,18). The topological polar surface area (TPSA) is 89.7 Å². The van der Waals surface area contributed by atoms with Crippen molar-refractivity contribution < 1.29 is 19.6 Å². The quantitative estimate of drug-likeness (QED) is 0.452. The van der Waals surface area contributed by atoms with Crippen molar-refractivity contribution in [2.75, 3.05) is 0 Å². The minimum Gasteiger partial charge on any atom is -0.478 e. The normalized spacial score (nSPS) is 10.2. The zero-order chi connectivity index (χ0) is 15.6. The molecule has 0 amide bonds. The van der Waals surface area contributed by atoms with Gasteiger partial charge in [0, 0.05) is 9.64 Å². The molecule has 0 bridgehead atoms. The SMILES string of the molecule is O=C(O)c1ccc(Oc2ccc(I)cc2[N+](=O)[O-])c(Cl)c1. The second-order valence-electron chi connectivity index (χ2n) is 3.92. The Hall–Kier alpha value is -1.87. The monoisotopic (exact) mass is 419 g/mol. The first-order valence-electron chi connectivity index (χ1n) is 5.53. The molecule has 0 saturated carbocycles. The summed E-state index contributed by atoms with van der Waals surface area (Å²) < 4.78 is 6.11. The summed E-state index contributed by atoms with van der Waals surface area (Å²) >= 11 is 7.88. The Kier molecular flexibility index (Phi) is 4.63. The van der Waals surface area contributed by atoms with Crippen molar-refractivity contribution in [3.63, 3.8) is 0 Å². The molecule has 0 aliphatic carbocycles. The van der Waals surface area contributed by atoms with E-state index in [4.69, 9.17) is 21.4 Å². The molecular weight excluding hydrogens is 413 g/mol. The minimum atomic E-state index is -1.12. The molecule has 0 aromatic heterocycles. The molecular formula is C13H7ClINO5. The fourth-order valence-corrected chi connectivity index (χ4v) is 2.25. The van der Waals surface area contributed by atoms with E-state index in [-0.39, 0.29) is 27.8 Å². The van der Waals surface area contributed by atoms with Crippen molar-refractivity contribution in [2.45, 2.75) is 0 Å². The van der Waals surface area contributed by atoms with Gasteiger partial charge in [-0.1, -0.05) is 11.6 Å². The second kappa shape index (κ2) is 6.27. The summed E-state index contributed by atoms with van der Waals surface area (Å²) in [5, 5.41) is 19.9. The summed E-state index contributed by atoms with van der Waals surface area (Å²) in [5.74, 6) is -0.944. The van der Waals surface area contributed by atoms with Gasteiger partial charge in [0.1, 0.15) is 5.75 Å². The van der Waals surface area contributed by atoms with Crippen LogP contribution in [0.5, 0.6) is 11.5 Å². The van der Waals surface area contributed by atoms with Gasteiger partial charge in [-0.25, -0.2) is 4.79 Å². The number of carbonyl (C=O) groups is 1. The summed E-state index contributed by atoms with van der Waals surface area (Å²) in [4.78, 5) is 21.3. The van der Waals surface area contributed by atoms with Crippen LogP contribution in [-0.2, 0) is 0 Å². The fraction of sp³-hybridized carbons (Fsp3) is 0. The molecule has 0 fully saturated rings. The zero-order valence-electron chi connectivity index (χ0n) is 10.2. The number of benzene rings is 2. The van der Waals surface area contributed by atoms with Gasteiger partial charge in [0.15, 0.2) is 0 Å². The Labute approximate surface area is 137 Å². The van der Waals surface area contributed by atoms with Crippen LogP contribution in [0.4, 0.5) is 5.69 Å². The maximum atomic E-state index is 11.0. The number of hydrogen-bond acceptors (Lipinski definition) is 4. The largest absolute Gasteiger partial charge is 0.478 e. The summed E-state index contributed by atoms with van der Waals surface area (Å²) in [7, 11) is 0. The third kappa shape index (κ3) is 3.61. The van der Waals surface area contributed by atoms with Gasteiger partial charge in [0.25, 0.3) is 0 Å². The van der Waals surface area contributed by atoms with E-state index in [0.717, 1.165) is 0 Å². The Morgan fingerprint density at radius 2 is 1.90 bits per heavy atom. The van der Waals surface area contributed by atoms with E-state index in [2.05, 4.69) is 0 Å². The van der Waals surface area contributed by atoms with Crippen LogP contribution in [-0.4, -0.2) is 16.0 Å². The number of ether oxygens (including phenoxy) is 1. The molecule has 0 spiro atoms. The maximum absolute atomic E-state index is 11.0. The first-order valence-corrected chi connectivity index (χ1v) is 6.99. The highest BCUT2D eigenvalue weighted by Crippen LogP contribution is 2.36. The maximum Gasteiger partial charge on any atom is 0.335 e. The van der Waals surface area contributed by atoms with Gasteiger partial charge in [0.05, 0.1) is 15.5 Å². The van der Waals surface area contributed by atoms with Gasteiger partial charge in [-0.3, -0.25) is 10.1 Å². The molecule has 1 N–H and O–H groups in total. The van der Waals surface area contributed by atoms with Crippen molar-refractivity contribution >= 4 is 45.8 Å². The van der Waals surface area contributed by atoms with Crippen molar-refractivity contribution in [3.05, 3.63) is 60.7 Å². The van der Waals surface area contributed by atoms with Gasteiger partial charge >= 0.3 is 11.7 Å². The van der Waals surface area contributed by atoms with E-state index >= 15 is 0 Å². The molecule has 2 rings (SSSR count). The van der Waals surface area contributed by atoms with Gasteiger partial charge in [-0.2, -0.15) is 0 Å². The third-order valence-corrected chi connectivity index (χ3v) is 3.48. The number of rotatable bonds is 4. The lowest BCUT2D eigenvalue weighted by molar-refractivity contribution is -0.385. The molecule has 0 saturated heterocycles. The summed E-state index contributed by atoms with van der Waals surface area (Å²) in [6.07, 6.45) is 0. The van der Waals surface area contributed by atoms with Crippen LogP contribution < -0.4 is 4.74 Å². The number of aromatic carboxylic acids is 1. The predicted octanol–water partition coefficient (Wildman–Crippen LogP) is 4.34. The Bertz CT molecular complexity index is 734. The Morgan fingerprint density at radius 3 is 2.48 bits per heavy atom. The van der Waals surface area contributed by atoms with Gasteiger partial charge < -0.3 is 9.84 Å². The van der Waals surface area contributed by atoms with Crippen LogP contribution in [0.1, 0.15) is 10.4 Å². The third-order valence-electron chi connectivity index (χ3n) is 2.52. The number of nitro groups is 1. The summed E-state index contributed by atoms with van der Waals surface area (Å²) in [6.45, 7) is 0. The van der Waals surface area contributed by atoms with E-state index < -0.39 is 10.9 Å². The lowest BCUT2D eigenvalue weighted by atomic mass is 10.2. The molecule has 0 aliphatic rings. The summed E-state index contributed by atoms with van der Waals surface area (Å²) in [6, 6.07) is 8.37. The fourth-order valence-electron chi connectivity index (χ4n) is 1.55. The Balaban J connectivity index is 2.39. The van der Waals surface area contributed by atoms with Crippen LogP contribution in [0.15, 0.2) is 36.4 Å². The van der Waals surface area contributed by atoms with Crippen LogP contribution in [0.3, 0.4) is 0 Å².